The molecule has 0 aliphatic rings. The van der Waals surface area contributed by atoms with Gasteiger partial charge in [-0.25, -0.2) is 9.97 Å². The van der Waals surface area contributed by atoms with E-state index >= 15 is 0 Å². The third-order valence-electron chi connectivity index (χ3n) is 1.84. The first-order chi connectivity index (χ1) is 8.76. The van der Waals surface area contributed by atoms with Gasteiger partial charge < -0.3 is 5.32 Å². The second kappa shape index (κ2) is 8.72. The van der Waals surface area contributed by atoms with Crippen molar-refractivity contribution in [3.05, 3.63) is 22.7 Å². The summed E-state index contributed by atoms with van der Waals surface area (Å²) in [6.45, 7) is 0.725. The van der Waals surface area contributed by atoms with Crippen LogP contribution in [0.2, 0.25) is 0 Å². The van der Waals surface area contributed by atoms with E-state index in [4.69, 9.17) is 5.26 Å². The molecule has 0 amide bonds. The fourth-order valence-corrected chi connectivity index (χ4v) is 1.98. The van der Waals surface area contributed by atoms with Crippen LogP contribution in [0.4, 0.5) is 0 Å². The Morgan fingerprint density at radius 2 is 2.28 bits per heavy atom. The van der Waals surface area contributed by atoms with Crippen LogP contribution in [0.15, 0.2) is 21.9 Å². The standard InChI is InChI=1S/C10H13BrN6S/c1-13-10(17-7-12)14-2-3-18-6-9-15-4-8(11)5-16-9/h4-5H,2-3,6H2,1H3,(H2,13,14,17). The summed E-state index contributed by atoms with van der Waals surface area (Å²) in [4.78, 5) is 12.2. The van der Waals surface area contributed by atoms with Gasteiger partial charge in [-0.3, -0.25) is 10.3 Å². The van der Waals surface area contributed by atoms with Crippen LogP contribution in [0.1, 0.15) is 5.82 Å². The minimum Gasteiger partial charge on any atom is -0.355 e. The highest BCUT2D eigenvalue weighted by Gasteiger charge is 1.98. The summed E-state index contributed by atoms with van der Waals surface area (Å²) >= 11 is 5.00. The number of nitriles is 1. The van der Waals surface area contributed by atoms with Crippen molar-refractivity contribution in [1.82, 2.24) is 20.6 Å². The van der Waals surface area contributed by atoms with Crippen molar-refractivity contribution < 1.29 is 0 Å². The van der Waals surface area contributed by atoms with Crippen molar-refractivity contribution in [3.8, 4) is 6.19 Å². The van der Waals surface area contributed by atoms with Crippen molar-refractivity contribution in [1.29, 1.82) is 5.26 Å². The smallest absolute Gasteiger partial charge is 0.204 e. The molecule has 18 heavy (non-hydrogen) atoms. The fraction of sp³-hybridized carbons (Fsp3) is 0.400. The van der Waals surface area contributed by atoms with Crippen LogP contribution in [0.25, 0.3) is 0 Å². The number of halogens is 1. The SMILES string of the molecule is CN=C(NC#N)NCCSCc1ncc(Br)cn1. The van der Waals surface area contributed by atoms with Gasteiger partial charge in [0, 0.05) is 31.7 Å². The Morgan fingerprint density at radius 1 is 1.56 bits per heavy atom. The van der Waals surface area contributed by atoms with Crippen molar-refractivity contribution in [2.45, 2.75) is 5.75 Å². The molecule has 0 saturated carbocycles. The van der Waals surface area contributed by atoms with Gasteiger partial charge in [0.1, 0.15) is 5.82 Å². The summed E-state index contributed by atoms with van der Waals surface area (Å²) in [7, 11) is 1.62. The van der Waals surface area contributed by atoms with E-state index in [1.165, 1.54) is 0 Å². The number of rotatable bonds is 5. The topological polar surface area (TPSA) is 86.0 Å². The Balaban J connectivity index is 2.16. The number of hydrogen-bond acceptors (Lipinski definition) is 5. The van der Waals surface area contributed by atoms with Crippen molar-refractivity contribution in [2.75, 3.05) is 19.3 Å². The van der Waals surface area contributed by atoms with E-state index in [2.05, 4.69) is 41.5 Å². The van der Waals surface area contributed by atoms with E-state index in [1.807, 2.05) is 6.19 Å². The minimum absolute atomic E-state index is 0.484. The van der Waals surface area contributed by atoms with E-state index in [9.17, 15) is 0 Å². The molecule has 2 N–H and O–H groups in total. The predicted molar refractivity (Wildman–Crippen MR) is 76.0 cm³/mol. The molecule has 6 nitrogen and oxygen atoms in total. The first kappa shape index (κ1) is 14.7. The fourth-order valence-electron chi connectivity index (χ4n) is 1.05. The lowest BCUT2D eigenvalue weighted by Crippen LogP contribution is -2.35. The van der Waals surface area contributed by atoms with E-state index in [-0.39, 0.29) is 0 Å². The molecular weight excluding hydrogens is 316 g/mol. The number of guanidine groups is 1. The van der Waals surface area contributed by atoms with E-state index in [0.29, 0.717) is 5.96 Å². The highest BCUT2D eigenvalue weighted by Crippen LogP contribution is 2.09. The lowest BCUT2D eigenvalue weighted by molar-refractivity contribution is 0.929. The first-order valence-electron chi connectivity index (χ1n) is 5.16. The zero-order valence-electron chi connectivity index (χ0n) is 9.85. The second-order valence-corrected chi connectivity index (χ2v) is 5.13. The van der Waals surface area contributed by atoms with Crippen LogP contribution in [-0.2, 0) is 5.75 Å². The van der Waals surface area contributed by atoms with Crippen LogP contribution < -0.4 is 10.6 Å². The number of nitrogens with zero attached hydrogens (tertiary/aromatic N) is 4. The van der Waals surface area contributed by atoms with Gasteiger partial charge in [-0.15, -0.1) is 0 Å². The maximum Gasteiger partial charge on any atom is 0.204 e. The van der Waals surface area contributed by atoms with Crippen LogP contribution in [0.5, 0.6) is 0 Å². The Labute approximate surface area is 118 Å². The largest absolute Gasteiger partial charge is 0.355 e. The van der Waals surface area contributed by atoms with Gasteiger partial charge in [0.05, 0.1) is 10.2 Å². The maximum absolute atomic E-state index is 8.43. The molecule has 1 heterocycles. The summed E-state index contributed by atoms with van der Waals surface area (Å²) < 4.78 is 0.879. The molecular formula is C10H13BrN6S. The van der Waals surface area contributed by atoms with Crippen LogP contribution in [-0.4, -0.2) is 35.3 Å². The number of aliphatic imine (C=N–C) groups is 1. The van der Waals surface area contributed by atoms with Crippen LogP contribution >= 0.6 is 27.7 Å². The summed E-state index contributed by atoms with van der Waals surface area (Å²) in [6.07, 6.45) is 5.29. The molecule has 8 heteroatoms. The monoisotopic (exact) mass is 328 g/mol. The van der Waals surface area contributed by atoms with Gasteiger partial charge in [0.25, 0.3) is 0 Å². The van der Waals surface area contributed by atoms with Gasteiger partial charge in [-0.05, 0) is 15.9 Å². The Morgan fingerprint density at radius 3 is 2.89 bits per heavy atom. The number of nitrogens with one attached hydrogen (secondary N) is 2. The summed E-state index contributed by atoms with van der Waals surface area (Å²) in [5, 5.41) is 13.9. The maximum atomic E-state index is 8.43. The molecule has 0 radical (unpaired) electrons. The zero-order valence-corrected chi connectivity index (χ0v) is 12.3. The summed E-state index contributed by atoms with van der Waals surface area (Å²) in [5.41, 5.74) is 0. The van der Waals surface area contributed by atoms with Gasteiger partial charge in [0.2, 0.25) is 5.96 Å². The molecule has 0 spiro atoms. The van der Waals surface area contributed by atoms with Crippen LogP contribution in [0.3, 0.4) is 0 Å². The third kappa shape index (κ3) is 5.84. The lowest BCUT2D eigenvalue weighted by atomic mass is 10.6. The van der Waals surface area contributed by atoms with Gasteiger partial charge in [-0.1, -0.05) is 0 Å². The number of aromatic nitrogens is 2. The van der Waals surface area contributed by atoms with Crippen LogP contribution in [0, 0.1) is 11.5 Å². The highest BCUT2D eigenvalue weighted by atomic mass is 79.9. The Bertz CT molecular complexity index is 427. The van der Waals surface area contributed by atoms with Gasteiger partial charge in [0.15, 0.2) is 6.19 Å². The Hall–Kier alpha value is -1.33. The molecule has 0 atom stereocenters. The average Bonchev–Trinajstić information content (AvgIpc) is 2.39. The van der Waals surface area contributed by atoms with Gasteiger partial charge in [-0.2, -0.15) is 17.0 Å². The van der Waals surface area contributed by atoms with E-state index < -0.39 is 0 Å². The Kier molecular flexibility index (Phi) is 7.13. The number of hydrogen-bond donors (Lipinski definition) is 2. The molecule has 0 aliphatic heterocycles. The summed E-state index contributed by atoms with van der Waals surface area (Å²) in [5.74, 6) is 2.94. The first-order valence-corrected chi connectivity index (χ1v) is 7.11. The van der Waals surface area contributed by atoms with Gasteiger partial charge >= 0.3 is 0 Å². The molecule has 0 bridgehead atoms. The van der Waals surface area contributed by atoms with Crippen molar-refractivity contribution >= 4 is 33.7 Å². The normalized spacial score (nSPS) is 10.8. The minimum atomic E-state index is 0.484. The second-order valence-electron chi connectivity index (χ2n) is 3.11. The molecule has 0 fully saturated rings. The molecule has 96 valence electrons. The van der Waals surface area contributed by atoms with E-state index in [1.54, 1.807) is 31.2 Å². The lowest BCUT2D eigenvalue weighted by Gasteiger charge is -2.06. The molecule has 0 unspecified atom stereocenters. The number of thioether (sulfide) groups is 1. The quantitative estimate of drug-likeness (QED) is 0.277. The predicted octanol–water partition coefficient (Wildman–Crippen LogP) is 1.12. The van der Waals surface area contributed by atoms with E-state index in [0.717, 1.165) is 28.3 Å². The zero-order chi connectivity index (χ0) is 13.2. The van der Waals surface area contributed by atoms with Crippen molar-refractivity contribution in [3.63, 3.8) is 0 Å². The molecule has 1 aromatic rings. The molecule has 0 aromatic carbocycles. The highest BCUT2D eigenvalue weighted by molar-refractivity contribution is 9.10. The molecule has 0 saturated heterocycles. The average molecular weight is 329 g/mol. The molecule has 1 aromatic heterocycles. The molecule has 1 rings (SSSR count). The summed E-state index contributed by atoms with van der Waals surface area (Å²) in [6, 6.07) is 0. The van der Waals surface area contributed by atoms with Crippen molar-refractivity contribution in [2.24, 2.45) is 4.99 Å². The third-order valence-corrected chi connectivity index (χ3v) is 3.21. The molecule has 0 aliphatic carbocycles.